The van der Waals surface area contributed by atoms with Crippen LogP contribution in [0.2, 0.25) is 5.02 Å². The molecule has 31 heavy (non-hydrogen) atoms. The number of benzene rings is 2. The smallest absolute Gasteiger partial charge is 0.332 e. The molecule has 0 aromatic heterocycles. The van der Waals surface area contributed by atoms with E-state index in [1.807, 2.05) is 6.92 Å². The van der Waals surface area contributed by atoms with Crippen LogP contribution in [-0.2, 0) is 22.4 Å². The second-order valence-electron chi connectivity index (χ2n) is 8.29. The standard InChI is InChI=1S/C24H25ClFNO4/c1-3-30-23(29)24(12-15-7-8-18(26)10-16(15)13-24)27-22(28)20-11-17(25)9-14(2)21(20)31-19-5-4-6-19/h7-11,19H,3-6,12-13H2,1-2H3,(H,27,28). The monoisotopic (exact) mass is 445 g/mol. The van der Waals surface area contributed by atoms with Crippen molar-refractivity contribution in [3.63, 3.8) is 0 Å². The van der Waals surface area contributed by atoms with Gasteiger partial charge in [-0.3, -0.25) is 4.79 Å². The van der Waals surface area contributed by atoms with Gasteiger partial charge in [0.15, 0.2) is 0 Å². The van der Waals surface area contributed by atoms with Crippen LogP contribution in [-0.4, -0.2) is 30.1 Å². The van der Waals surface area contributed by atoms with Crippen LogP contribution in [0.15, 0.2) is 30.3 Å². The molecule has 2 aromatic rings. The highest BCUT2D eigenvalue weighted by molar-refractivity contribution is 6.31. The molecule has 1 unspecified atom stereocenters. The Balaban J connectivity index is 1.67. The van der Waals surface area contributed by atoms with E-state index in [-0.39, 0.29) is 36.9 Å². The van der Waals surface area contributed by atoms with Gasteiger partial charge in [0.2, 0.25) is 0 Å². The van der Waals surface area contributed by atoms with Crippen molar-refractivity contribution in [2.75, 3.05) is 6.61 Å². The predicted molar refractivity (Wildman–Crippen MR) is 115 cm³/mol. The van der Waals surface area contributed by atoms with Crippen LogP contribution in [0.1, 0.15) is 53.2 Å². The summed E-state index contributed by atoms with van der Waals surface area (Å²) in [5, 5.41) is 3.30. The van der Waals surface area contributed by atoms with Gasteiger partial charge in [0.1, 0.15) is 17.1 Å². The first-order chi connectivity index (χ1) is 14.8. The van der Waals surface area contributed by atoms with Crippen LogP contribution < -0.4 is 10.1 Å². The summed E-state index contributed by atoms with van der Waals surface area (Å²) in [4.78, 5) is 26.4. The number of esters is 1. The molecule has 1 atom stereocenters. The van der Waals surface area contributed by atoms with E-state index in [0.717, 1.165) is 30.4 Å². The van der Waals surface area contributed by atoms with Gasteiger partial charge in [0.05, 0.1) is 18.3 Å². The van der Waals surface area contributed by atoms with E-state index in [2.05, 4.69) is 5.32 Å². The highest BCUT2D eigenvalue weighted by Crippen LogP contribution is 2.35. The first-order valence-corrected chi connectivity index (χ1v) is 10.9. The summed E-state index contributed by atoms with van der Waals surface area (Å²) in [5.41, 5.74) is 1.21. The largest absolute Gasteiger partial charge is 0.489 e. The molecule has 4 rings (SSSR count). The Bertz CT molecular complexity index is 1040. The molecule has 5 nitrogen and oxygen atoms in total. The number of nitrogens with one attached hydrogen (secondary N) is 1. The second-order valence-corrected chi connectivity index (χ2v) is 8.73. The molecule has 0 spiro atoms. The van der Waals surface area contributed by atoms with Crippen molar-refractivity contribution in [2.45, 2.75) is 57.6 Å². The normalized spacial score (nSPS) is 20.0. The highest BCUT2D eigenvalue weighted by Gasteiger charge is 2.47. The third-order valence-electron chi connectivity index (χ3n) is 5.99. The number of fused-ring (bicyclic) bond motifs is 1. The summed E-state index contributed by atoms with van der Waals surface area (Å²) in [6, 6.07) is 7.70. The third kappa shape index (κ3) is 4.26. The number of carbonyl (C=O) groups excluding carboxylic acids is 2. The van der Waals surface area contributed by atoms with E-state index in [4.69, 9.17) is 21.1 Å². The Hall–Kier alpha value is -2.60. The first kappa shape index (κ1) is 21.6. The number of amides is 1. The fourth-order valence-electron chi connectivity index (χ4n) is 4.19. The van der Waals surface area contributed by atoms with Crippen LogP contribution in [0.4, 0.5) is 4.39 Å². The van der Waals surface area contributed by atoms with Crippen LogP contribution in [0.25, 0.3) is 0 Å². The SMILES string of the molecule is CCOC(=O)C1(NC(=O)c2cc(Cl)cc(C)c2OC2CCC2)Cc2ccc(F)cc2C1. The van der Waals surface area contributed by atoms with Crippen molar-refractivity contribution in [1.82, 2.24) is 5.32 Å². The van der Waals surface area contributed by atoms with Crippen molar-refractivity contribution in [2.24, 2.45) is 0 Å². The zero-order valence-corrected chi connectivity index (χ0v) is 18.4. The van der Waals surface area contributed by atoms with Gasteiger partial charge < -0.3 is 14.8 Å². The van der Waals surface area contributed by atoms with Crippen LogP contribution in [0, 0.1) is 12.7 Å². The molecule has 0 aliphatic heterocycles. The van der Waals surface area contributed by atoms with E-state index in [0.29, 0.717) is 16.3 Å². The van der Waals surface area contributed by atoms with Gasteiger partial charge in [-0.2, -0.15) is 0 Å². The molecule has 0 heterocycles. The number of rotatable bonds is 6. The minimum atomic E-state index is -1.31. The summed E-state index contributed by atoms with van der Waals surface area (Å²) < 4.78 is 25.1. The van der Waals surface area contributed by atoms with Crippen molar-refractivity contribution in [3.8, 4) is 5.75 Å². The minimum Gasteiger partial charge on any atom is -0.489 e. The number of carbonyl (C=O) groups is 2. The summed E-state index contributed by atoms with van der Waals surface area (Å²) in [6.07, 6.45) is 3.44. The van der Waals surface area contributed by atoms with Gasteiger partial charge in [-0.05, 0) is 74.1 Å². The number of hydrogen-bond acceptors (Lipinski definition) is 4. The van der Waals surface area contributed by atoms with E-state index in [1.54, 1.807) is 25.1 Å². The number of hydrogen-bond donors (Lipinski definition) is 1. The van der Waals surface area contributed by atoms with Gasteiger partial charge >= 0.3 is 5.97 Å². The molecular weight excluding hydrogens is 421 g/mol. The Morgan fingerprint density at radius 1 is 1.19 bits per heavy atom. The molecule has 0 radical (unpaired) electrons. The summed E-state index contributed by atoms with van der Waals surface area (Å²) in [6.45, 7) is 3.72. The number of aryl methyl sites for hydroxylation is 1. The molecule has 1 amide bonds. The Morgan fingerprint density at radius 2 is 1.94 bits per heavy atom. The van der Waals surface area contributed by atoms with Crippen LogP contribution >= 0.6 is 11.6 Å². The van der Waals surface area contributed by atoms with Crippen molar-refractivity contribution in [1.29, 1.82) is 0 Å². The molecular formula is C24H25ClFNO4. The molecule has 2 aliphatic rings. The molecule has 164 valence electrons. The molecule has 2 aliphatic carbocycles. The molecule has 2 aromatic carbocycles. The molecule has 7 heteroatoms. The third-order valence-corrected chi connectivity index (χ3v) is 6.21. The van der Waals surface area contributed by atoms with Crippen molar-refractivity contribution >= 4 is 23.5 Å². The fraction of sp³-hybridized carbons (Fsp3) is 0.417. The first-order valence-electron chi connectivity index (χ1n) is 10.5. The maximum atomic E-state index is 13.8. The topological polar surface area (TPSA) is 64.6 Å². The Kier molecular flexibility index (Phi) is 5.93. The lowest BCUT2D eigenvalue weighted by Gasteiger charge is -2.30. The predicted octanol–water partition coefficient (Wildman–Crippen LogP) is 4.55. The van der Waals surface area contributed by atoms with Gasteiger partial charge in [-0.15, -0.1) is 0 Å². The maximum absolute atomic E-state index is 13.8. The van der Waals surface area contributed by atoms with E-state index in [9.17, 15) is 14.0 Å². The Labute approximate surface area is 185 Å². The lowest BCUT2D eigenvalue weighted by atomic mass is 9.94. The lowest BCUT2D eigenvalue weighted by molar-refractivity contribution is -0.150. The number of halogens is 2. The average molecular weight is 446 g/mol. The van der Waals surface area contributed by atoms with E-state index in [1.165, 1.54) is 12.1 Å². The zero-order valence-electron chi connectivity index (χ0n) is 17.6. The van der Waals surface area contributed by atoms with Crippen LogP contribution in [0.5, 0.6) is 5.75 Å². The summed E-state index contributed by atoms with van der Waals surface area (Å²) in [7, 11) is 0. The van der Waals surface area contributed by atoms with E-state index < -0.39 is 17.4 Å². The van der Waals surface area contributed by atoms with Gasteiger partial charge in [0.25, 0.3) is 5.91 Å². The fourth-order valence-corrected chi connectivity index (χ4v) is 4.46. The molecule has 0 bridgehead atoms. The summed E-state index contributed by atoms with van der Waals surface area (Å²) >= 11 is 6.24. The minimum absolute atomic E-state index is 0.0733. The maximum Gasteiger partial charge on any atom is 0.332 e. The van der Waals surface area contributed by atoms with E-state index >= 15 is 0 Å². The van der Waals surface area contributed by atoms with Gasteiger partial charge in [0, 0.05) is 17.9 Å². The Morgan fingerprint density at radius 3 is 2.61 bits per heavy atom. The summed E-state index contributed by atoms with van der Waals surface area (Å²) in [5.74, 6) is -0.917. The highest BCUT2D eigenvalue weighted by atomic mass is 35.5. The van der Waals surface area contributed by atoms with Crippen LogP contribution in [0.3, 0.4) is 0 Å². The number of ether oxygens (including phenoxy) is 2. The van der Waals surface area contributed by atoms with Gasteiger partial charge in [-0.1, -0.05) is 17.7 Å². The molecule has 0 saturated heterocycles. The molecule has 1 fully saturated rings. The average Bonchev–Trinajstić information content (AvgIpc) is 3.04. The van der Waals surface area contributed by atoms with Gasteiger partial charge in [-0.25, -0.2) is 9.18 Å². The molecule has 1 N–H and O–H groups in total. The van der Waals surface area contributed by atoms with Crippen molar-refractivity contribution in [3.05, 3.63) is 63.4 Å². The van der Waals surface area contributed by atoms with Crippen molar-refractivity contribution < 1.29 is 23.5 Å². The second kappa shape index (κ2) is 8.50. The lowest BCUT2D eigenvalue weighted by Crippen LogP contribution is -2.56. The quantitative estimate of drug-likeness (QED) is 0.662. The zero-order chi connectivity index (χ0) is 22.2. The molecule has 1 saturated carbocycles.